The zero-order valence-electron chi connectivity index (χ0n) is 12.3. The van der Waals surface area contributed by atoms with Gasteiger partial charge in [0.05, 0.1) is 5.75 Å². The summed E-state index contributed by atoms with van der Waals surface area (Å²) in [5, 5.41) is 12.4. The van der Waals surface area contributed by atoms with Gasteiger partial charge in [-0.25, -0.2) is 0 Å². The van der Waals surface area contributed by atoms with Crippen LogP contribution in [0.15, 0.2) is 35.1 Å². The molecular weight excluding hydrogens is 332 g/mol. The summed E-state index contributed by atoms with van der Waals surface area (Å²) in [6.07, 6.45) is 0. The average molecular weight is 346 g/mol. The number of aryl methyl sites for hydroxylation is 1. The Morgan fingerprint density at radius 3 is 2.96 bits per heavy atom. The van der Waals surface area contributed by atoms with E-state index in [1.54, 1.807) is 12.1 Å². The fraction of sp³-hybridized carbons (Fsp3) is 0.200. The number of aromatic amines is 1. The lowest BCUT2D eigenvalue weighted by molar-refractivity contribution is -0.113. The molecule has 23 heavy (non-hydrogen) atoms. The van der Waals surface area contributed by atoms with Crippen LogP contribution in [0, 0.1) is 6.92 Å². The van der Waals surface area contributed by atoms with Gasteiger partial charge in [-0.3, -0.25) is 14.9 Å². The maximum Gasteiger partial charge on any atom is 0.236 e. The highest BCUT2D eigenvalue weighted by molar-refractivity contribution is 7.99. The highest BCUT2D eigenvalue weighted by Gasteiger charge is 2.07. The molecule has 6 nitrogen and oxygen atoms in total. The summed E-state index contributed by atoms with van der Waals surface area (Å²) in [5.74, 6) is 0.713. The molecule has 8 heteroatoms. The van der Waals surface area contributed by atoms with Crippen molar-refractivity contribution in [2.45, 2.75) is 12.7 Å². The molecule has 0 aliphatic rings. The first-order chi connectivity index (χ1) is 11.1. The fourth-order valence-corrected chi connectivity index (χ4v) is 3.43. The molecule has 0 atom stereocenters. The van der Waals surface area contributed by atoms with E-state index in [1.165, 1.54) is 23.1 Å². The molecule has 2 aromatic heterocycles. The van der Waals surface area contributed by atoms with Gasteiger partial charge in [0.25, 0.3) is 0 Å². The lowest BCUT2D eigenvalue weighted by atomic mass is 10.2. The number of benzene rings is 1. The average Bonchev–Trinajstić information content (AvgIpc) is 2.92. The summed E-state index contributed by atoms with van der Waals surface area (Å²) >= 11 is 2.77. The largest absolute Gasteiger partial charge is 0.357 e. The van der Waals surface area contributed by atoms with E-state index >= 15 is 0 Å². The molecule has 2 heterocycles. The van der Waals surface area contributed by atoms with Gasteiger partial charge >= 0.3 is 0 Å². The van der Waals surface area contributed by atoms with Crippen molar-refractivity contribution in [3.8, 4) is 0 Å². The number of anilines is 1. The number of amides is 1. The minimum Gasteiger partial charge on any atom is -0.357 e. The molecular formula is C15H14N4O2S2. The maximum atomic E-state index is 12.0. The third-order valence-electron chi connectivity index (χ3n) is 3.06. The van der Waals surface area contributed by atoms with Crippen LogP contribution < -0.4 is 10.7 Å². The zero-order valence-corrected chi connectivity index (χ0v) is 14.0. The number of fused-ring (bicyclic) bond motifs is 1. The first-order valence-electron chi connectivity index (χ1n) is 6.90. The third-order valence-corrected chi connectivity index (χ3v) is 4.79. The van der Waals surface area contributed by atoms with Crippen molar-refractivity contribution in [3.63, 3.8) is 0 Å². The number of pyridine rings is 1. The van der Waals surface area contributed by atoms with Gasteiger partial charge in [-0.15, -0.1) is 22.0 Å². The van der Waals surface area contributed by atoms with E-state index in [9.17, 15) is 9.59 Å². The normalized spacial score (nSPS) is 10.8. The van der Waals surface area contributed by atoms with Gasteiger partial charge in [-0.05, 0) is 19.1 Å². The number of hydrogen-bond acceptors (Lipinski definition) is 6. The topological polar surface area (TPSA) is 87.7 Å². The zero-order chi connectivity index (χ0) is 16.2. The standard InChI is InChI=1S/C15H14N4O2S2/c1-9-18-19-15(23-9)17-14(21)8-22-7-10-6-13(20)11-4-2-3-5-12(11)16-10/h2-6H,7-8H2,1H3,(H,16,20)(H,17,19,21). The fourth-order valence-electron chi connectivity index (χ4n) is 2.09. The van der Waals surface area contributed by atoms with Crippen molar-refractivity contribution in [2.24, 2.45) is 0 Å². The summed E-state index contributed by atoms with van der Waals surface area (Å²) in [6, 6.07) is 8.97. The van der Waals surface area contributed by atoms with Crippen LogP contribution in [0.5, 0.6) is 0 Å². The Labute approximate surface area is 140 Å². The van der Waals surface area contributed by atoms with Crippen LogP contribution in [0.25, 0.3) is 10.9 Å². The molecule has 0 saturated carbocycles. The van der Waals surface area contributed by atoms with E-state index in [0.717, 1.165) is 16.2 Å². The number of hydrogen-bond donors (Lipinski definition) is 2. The second-order valence-corrected chi connectivity index (χ2v) is 7.04. The van der Waals surface area contributed by atoms with Crippen molar-refractivity contribution in [3.05, 3.63) is 51.3 Å². The molecule has 0 radical (unpaired) electrons. The second-order valence-electron chi connectivity index (χ2n) is 4.87. The quantitative estimate of drug-likeness (QED) is 0.741. The van der Waals surface area contributed by atoms with E-state index < -0.39 is 0 Å². The Bertz CT molecular complexity index is 904. The number of carbonyl (C=O) groups is 1. The van der Waals surface area contributed by atoms with Crippen LogP contribution >= 0.6 is 23.1 Å². The summed E-state index contributed by atoms with van der Waals surface area (Å²) < 4.78 is 0. The number of aromatic nitrogens is 3. The maximum absolute atomic E-state index is 12.0. The minimum atomic E-state index is -0.130. The summed E-state index contributed by atoms with van der Waals surface area (Å²) in [7, 11) is 0. The van der Waals surface area contributed by atoms with Crippen LogP contribution in [0.2, 0.25) is 0 Å². The number of thioether (sulfide) groups is 1. The molecule has 0 unspecified atom stereocenters. The molecule has 0 bridgehead atoms. The van der Waals surface area contributed by atoms with Gasteiger partial charge in [0, 0.05) is 28.4 Å². The molecule has 0 fully saturated rings. The van der Waals surface area contributed by atoms with Gasteiger partial charge in [0.15, 0.2) is 5.43 Å². The Morgan fingerprint density at radius 1 is 1.35 bits per heavy atom. The molecule has 0 aliphatic heterocycles. The SMILES string of the molecule is Cc1nnc(NC(=O)CSCc2cc(=O)c3ccccc3[nH]2)s1. The van der Waals surface area contributed by atoms with Crippen LogP contribution in [-0.2, 0) is 10.5 Å². The van der Waals surface area contributed by atoms with Crippen LogP contribution in [-0.4, -0.2) is 26.8 Å². The lowest BCUT2D eigenvalue weighted by Crippen LogP contribution is -2.14. The van der Waals surface area contributed by atoms with E-state index in [2.05, 4.69) is 20.5 Å². The molecule has 3 rings (SSSR count). The number of nitrogens with zero attached hydrogens (tertiary/aromatic N) is 2. The van der Waals surface area contributed by atoms with E-state index in [4.69, 9.17) is 0 Å². The third kappa shape index (κ3) is 3.96. The Balaban J connectivity index is 1.58. The number of H-pyrrole nitrogens is 1. The van der Waals surface area contributed by atoms with Gasteiger partial charge in [-0.1, -0.05) is 23.5 Å². The Hall–Kier alpha value is -2.19. The summed E-state index contributed by atoms with van der Waals surface area (Å²) in [6.45, 7) is 1.83. The van der Waals surface area contributed by atoms with Crippen molar-refractivity contribution in [1.29, 1.82) is 0 Å². The molecule has 118 valence electrons. The van der Waals surface area contributed by atoms with Gasteiger partial charge < -0.3 is 4.98 Å². The van der Waals surface area contributed by atoms with Crippen LogP contribution in [0.1, 0.15) is 10.7 Å². The van der Waals surface area contributed by atoms with Crippen molar-refractivity contribution in [1.82, 2.24) is 15.2 Å². The number of nitrogens with one attached hydrogen (secondary N) is 2. The number of carbonyl (C=O) groups excluding carboxylic acids is 1. The van der Waals surface area contributed by atoms with Crippen LogP contribution in [0.4, 0.5) is 5.13 Å². The highest BCUT2D eigenvalue weighted by Crippen LogP contribution is 2.16. The molecule has 0 aliphatic carbocycles. The van der Waals surface area contributed by atoms with Crippen molar-refractivity contribution >= 4 is 45.0 Å². The van der Waals surface area contributed by atoms with E-state index in [-0.39, 0.29) is 17.1 Å². The first kappa shape index (κ1) is 15.7. The van der Waals surface area contributed by atoms with Crippen molar-refractivity contribution < 1.29 is 4.79 Å². The van der Waals surface area contributed by atoms with E-state index in [0.29, 0.717) is 16.3 Å². The summed E-state index contributed by atoms with van der Waals surface area (Å²) in [5.41, 5.74) is 1.60. The minimum absolute atomic E-state index is 0.0104. The predicted octanol–water partition coefficient (Wildman–Crippen LogP) is 2.56. The number of rotatable bonds is 5. The smallest absolute Gasteiger partial charge is 0.236 e. The predicted molar refractivity (Wildman–Crippen MR) is 94.0 cm³/mol. The number of para-hydroxylation sites is 1. The molecule has 0 saturated heterocycles. The molecule has 0 spiro atoms. The molecule has 1 aromatic carbocycles. The highest BCUT2D eigenvalue weighted by atomic mass is 32.2. The monoisotopic (exact) mass is 346 g/mol. The van der Waals surface area contributed by atoms with Crippen molar-refractivity contribution in [2.75, 3.05) is 11.1 Å². The van der Waals surface area contributed by atoms with Crippen LogP contribution in [0.3, 0.4) is 0 Å². The molecule has 3 aromatic rings. The first-order valence-corrected chi connectivity index (χ1v) is 8.87. The second kappa shape index (κ2) is 6.93. The van der Waals surface area contributed by atoms with Gasteiger partial charge in [0.2, 0.25) is 11.0 Å². The molecule has 2 N–H and O–H groups in total. The summed E-state index contributed by atoms with van der Waals surface area (Å²) in [4.78, 5) is 27.1. The van der Waals surface area contributed by atoms with Gasteiger partial charge in [-0.2, -0.15) is 0 Å². The Morgan fingerprint density at radius 2 is 2.17 bits per heavy atom. The van der Waals surface area contributed by atoms with E-state index in [1.807, 2.05) is 25.1 Å². The molecule has 1 amide bonds. The Kier molecular flexibility index (Phi) is 4.73. The van der Waals surface area contributed by atoms with Gasteiger partial charge in [0.1, 0.15) is 5.01 Å². The lowest BCUT2D eigenvalue weighted by Gasteiger charge is -2.04.